The highest BCUT2D eigenvalue weighted by atomic mass is 16.7. The van der Waals surface area contributed by atoms with Gasteiger partial charge in [-0.2, -0.15) is 0 Å². The van der Waals surface area contributed by atoms with Crippen LogP contribution in [0.15, 0.2) is 11.5 Å². The van der Waals surface area contributed by atoms with Crippen molar-refractivity contribution in [1.29, 1.82) is 0 Å². The Kier molecular flexibility index (Phi) is 4.16. The molecule has 0 radical (unpaired) electrons. The maximum Gasteiger partial charge on any atom is 0.487 e. The molecular formula is C16H28BNO4. The number of rotatable bonds is 1. The van der Waals surface area contributed by atoms with Crippen molar-refractivity contribution in [1.82, 2.24) is 4.90 Å². The van der Waals surface area contributed by atoms with Crippen LogP contribution in [0.4, 0.5) is 4.79 Å². The smallest absolute Gasteiger partial charge is 0.465 e. The van der Waals surface area contributed by atoms with E-state index in [-0.39, 0.29) is 22.7 Å². The summed E-state index contributed by atoms with van der Waals surface area (Å²) in [7, 11) is -0.418. The van der Waals surface area contributed by atoms with Crippen LogP contribution in [-0.2, 0) is 9.31 Å². The molecule has 1 amide bonds. The lowest BCUT2D eigenvalue weighted by molar-refractivity contribution is 0.00578. The minimum absolute atomic E-state index is 0.135. The van der Waals surface area contributed by atoms with Gasteiger partial charge < -0.3 is 19.3 Å². The lowest BCUT2D eigenvalue weighted by Gasteiger charge is -2.34. The quantitative estimate of drug-likeness (QED) is 0.755. The van der Waals surface area contributed by atoms with E-state index in [0.29, 0.717) is 6.54 Å². The summed E-state index contributed by atoms with van der Waals surface area (Å²) in [6.07, 6.45) is -0.129. The fourth-order valence-corrected chi connectivity index (χ4v) is 3.25. The fraction of sp³-hybridized carbons (Fsp3) is 0.812. The zero-order valence-corrected chi connectivity index (χ0v) is 14.8. The number of nitrogens with zero attached hydrogens (tertiary/aromatic N) is 1. The van der Waals surface area contributed by atoms with Crippen LogP contribution in [-0.4, -0.2) is 47.0 Å². The third kappa shape index (κ3) is 3.04. The second-order valence-electron chi connectivity index (χ2n) is 8.36. The highest BCUT2D eigenvalue weighted by Gasteiger charge is 2.51. The largest absolute Gasteiger partial charge is 0.487 e. The molecule has 2 rings (SSSR count). The van der Waals surface area contributed by atoms with Gasteiger partial charge in [0.25, 0.3) is 0 Å². The first-order valence-corrected chi connectivity index (χ1v) is 7.91. The second-order valence-corrected chi connectivity index (χ2v) is 8.36. The maximum absolute atomic E-state index is 11.5. The standard InChI is InChI=1S/C16H28BNO4/c1-14(2,3)12-11(8-9-18(12)13(19)20)10-17-21-15(4,5)16(6,7)22-17/h10,12H,8-9H2,1-7H3,(H,19,20). The number of carboxylic acid groups (broad SMARTS) is 1. The second kappa shape index (κ2) is 5.27. The number of likely N-dealkylation sites (tertiary alicyclic amines) is 1. The topological polar surface area (TPSA) is 59.0 Å². The molecule has 0 spiro atoms. The first-order chi connectivity index (χ1) is 9.85. The van der Waals surface area contributed by atoms with Crippen molar-refractivity contribution in [3.05, 3.63) is 11.5 Å². The van der Waals surface area contributed by atoms with E-state index in [9.17, 15) is 9.90 Å². The van der Waals surface area contributed by atoms with Gasteiger partial charge in [0.15, 0.2) is 0 Å². The minimum atomic E-state index is -0.864. The normalized spacial score (nSPS) is 29.4. The first-order valence-electron chi connectivity index (χ1n) is 7.91. The van der Waals surface area contributed by atoms with E-state index in [4.69, 9.17) is 9.31 Å². The van der Waals surface area contributed by atoms with Gasteiger partial charge in [-0.05, 0) is 39.5 Å². The molecule has 0 aliphatic carbocycles. The molecule has 0 aromatic heterocycles. The molecule has 6 heteroatoms. The molecule has 0 saturated carbocycles. The predicted octanol–water partition coefficient (Wildman–Crippen LogP) is 3.34. The van der Waals surface area contributed by atoms with Crippen LogP contribution in [0.25, 0.3) is 0 Å². The zero-order chi connectivity index (χ0) is 16.9. The summed E-state index contributed by atoms with van der Waals surface area (Å²) in [6, 6.07) is -0.135. The van der Waals surface area contributed by atoms with Crippen LogP contribution in [0.1, 0.15) is 54.9 Å². The predicted molar refractivity (Wildman–Crippen MR) is 86.8 cm³/mol. The van der Waals surface area contributed by atoms with Crippen LogP contribution in [0.5, 0.6) is 0 Å². The summed E-state index contributed by atoms with van der Waals surface area (Å²) < 4.78 is 12.0. The van der Waals surface area contributed by atoms with Crippen molar-refractivity contribution in [2.75, 3.05) is 6.54 Å². The van der Waals surface area contributed by atoms with Crippen molar-refractivity contribution in [3.8, 4) is 0 Å². The Morgan fingerprint density at radius 1 is 1.27 bits per heavy atom. The lowest BCUT2D eigenvalue weighted by atomic mass is 9.77. The van der Waals surface area contributed by atoms with Gasteiger partial charge >= 0.3 is 13.2 Å². The van der Waals surface area contributed by atoms with Crippen LogP contribution in [0, 0.1) is 5.41 Å². The average molecular weight is 309 g/mol. The Balaban J connectivity index is 2.27. The van der Waals surface area contributed by atoms with E-state index in [1.54, 1.807) is 0 Å². The van der Waals surface area contributed by atoms with Crippen LogP contribution in [0.2, 0.25) is 0 Å². The van der Waals surface area contributed by atoms with Crippen molar-refractivity contribution in [3.63, 3.8) is 0 Å². The van der Waals surface area contributed by atoms with Crippen molar-refractivity contribution in [2.45, 2.75) is 72.1 Å². The van der Waals surface area contributed by atoms with Crippen LogP contribution < -0.4 is 0 Å². The minimum Gasteiger partial charge on any atom is -0.465 e. The third-order valence-electron chi connectivity index (χ3n) is 4.99. The Labute approximate surface area is 133 Å². The molecule has 2 saturated heterocycles. The molecule has 0 aromatic carbocycles. The highest BCUT2D eigenvalue weighted by Crippen LogP contribution is 2.40. The molecule has 2 heterocycles. The van der Waals surface area contributed by atoms with Gasteiger partial charge in [0.2, 0.25) is 0 Å². The van der Waals surface area contributed by atoms with Crippen molar-refractivity contribution >= 4 is 13.2 Å². The molecule has 22 heavy (non-hydrogen) atoms. The Morgan fingerprint density at radius 2 is 1.77 bits per heavy atom. The van der Waals surface area contributed by atoms with E-state index < -0.39 is 13.2 Å². The molecule has 0 aromatic rings. The number of hydrogen-bond acceptors (Lipinski definition) is 3. The lowest BCUT2D eigenvalue weighted by Crippen LogP contribution is -2.43. The first kappa shape index (κ1) is 17.4. The molecule has 1 N–H and O–H groups in total. The highest BCUT2D eigenvalue weighted by molar-refractivity contribution is 6.51. The van der Waals surface area contributed by atoms with E-state index in [1.165, 1.54) is 4.90 Å². The van der Waals surface area contributed by atoms with Gasteiger partial charge in [-0.1, -0.05) is 32.3 Å². The molecule has 1 unspecified atom stereocenters. The molecule has 2 aliphatic rings. The summed E-state index contributed by atoms with van der Waals surface area (Å²) in [4.78, 5) is 13.0. The molecule has 0 bridgehead atoms. The fourth-order valence-electron chi connectivity index (χ4n) is 3.25. The van der Waals surface area contributed by atoms with E-state index in [1.807, 2.05) is 33.7 Å². The SMILES string of the molecule is CC(C)(C)C1C(=CB2OC(C)(C)C(C)(C)O2)CCN1C(=O)O. The van der Waals surface area contributed by atoms with E-state index >= 15 is 0 Å². The number of carbonyl (C=O) groups is 1. The molecule has 124 valence electrons. The summed E-state index contributed by atoms with van der Waals surface area (Å²) in [6.45, 7) is 14.8. The average Bonchev–Trinajstić information content (AvgIpc) is 2.78. The summed E-state index contributed by atoms with van der Waals surface area (Å²) in [5, 5.41) is 9.43. The van der Waals surface area contributed by atoms with Gasteiger partial charge in [0.1, 0.15) is 0 Å². The Bertz CT molecular complexity index is 477. The number of hydrogen-bond donors (Lipinski definition) is 1. The van der Waals surface area contributed by atoms with E-state index in [0.717, 1.165) is 12.0 Å². The molecule has 2 aliphatic heterocycles. The zero-order valence-electron chi connectivity index (χ0n) is 14.8. The Morgan fingerprint density at radius 3 is 2.18 bits per heavy atom. The molecular weight excluding hydrogens is 281 g/mol. The maximum atomic E-state index is 11.5. The van der Waals surface area contributed by atoms with Crippen LogP contribution in [0.3, 0.4) is 0 Å². The van der Waals surface area contributed by atoms with Gasteiger partial charge in [-0.15, -0.1) is 0 Å². The summed E-state index contributed by atoms with van der Waals surface area (Å²) in [5.74, 6) is 1.98. The molecule has 1 atom stereocenters. The molecule has 2 fully saturated rings. The van der Waals surface area contributed by atoms with E-state index in [2.05, 4.69) is 20.8 Å². The number of amides is 1. The summed E-state index contributed by atoms with van der Waals surface area (Å²) >= 11 is 0. The van der Waals surface area contributed by atoms with Gasteiger partial charge in [0.05, 0.1) is 17.2 Å². The Hall–Kier alpha value is -1.01. The van der Waals surface area contributed by atoms with Crippen molar-refractivity contribution < 1.29 is 19.2 Å². The van der Waals surface area contributed by atoms with Crippen LogP contribution >= 0.6 is 0 Å². The molecule has 5 nitrogen and oxygen atoms in total. The van der Waals surface area contributed by atoms with Gasteiger partial charge in [-0.3, -0.25) is 0 Å². The summed E-state index contributed by atoms with van der Waals surface area (Å²) in [5.41, 5.74) is 0.173. The third-order valence-corrected chi connectivity index (χ3v) is 4.99. The van der Waals surface area contributed by atoms with Crippen molar-refractivity contribution in [2.24, 2.45) is 5.41 Å². The van der Waals surface area contributed by atoms with Gasteiger partial charge in [0, 0.05) is 6.54 Å². The van der Waals surface area contributed by atoms with Gasteiger partial charge in [-0.25, -0.2) is 4.79 Å². The monoisotopic (exact) mass is 309 g/mol.